The number of aromatic nitrogens is 4. The first-order valence-electron chi connectivity index (χ1n) is 6.58. The van der Waals surface area contributed by atoms with Gasteiger partial charge in [0.2, 0.25) is 5.95 Å². The molecule has 0 amide bonds. The second-order valence-corrected chi connectivity index (χ2v) is 6.22. The number of aliphatic hydroxyl groups is 2. The third-order valence-corrected chi connectivity index (χ3v) is 3.92. The number of aliphatic hydroxyl groups excluding tert-OH is 2. The molecule has 2 aromatic rings. The maximum atomic E-state index is 11.7. The van der Waals surface area contributed by atoms with Crippen molar-refractivity contribution in [2.24, 2.45) is 0 Å². The zero-order valence-electron chi connectivity index (χ0n) is 15.5. The molecule has 3 heterocycles. The third kappa shape index (κ3) is 8.55. The molecule has 0 aromatic carbocycles. The van der Waals surface area contributed by atoms with Crippen LogP contribution in [0.4, 0.5) is 5.95 Å². The van der Waals surface area contributed by atoms with Crippen LogP contribution in [0.3, 0.4) is 0 Å². The first kappa shape index (κ1) is 40.5. The standard InChI is InChI=1S/C10H14N5O8P.Ca.6H2O/c11-10-13-7-4(8(18)14-10)12-2-15(7)9-6(17)5(16)3(23-9)1-22-24(19,20)21;;;;;;;/h2-3,5-6,9,16-17H,1H2,(H2,19,20,21)(H3,11,13,14,18);;6*1H2/q;+2;;;;;;/p-2/t3-,5-,6-,9-;;;;;;;/m1......./s1. The van der Waals surface area contributed by atoms with Crippen LogP contribution in [-0.2, 0) is 13.8 Å². The van der Waals surface area contributed by atoms with Gasteiger partial charge in [-0.2, -0.15) is 4.98 Å². The van der Waals surface area contributed by atoms with Crippen LogP contribution in [0.25, 0.3) is 11.2 Å². The average Bonchev–Trinajstić information content (AvgIpc) is 3.00. The summed E-state index contributed by atoms with van der Waals surface area (Å²) in [5.74, 6) is -0.194. The fourth-order valence-corrected chi connectivity index (χ4v) is 2.72. The summed E-state index contributed by atoms with van der Waals surface area (Å²) in [6.45, 7) is -0.776. The molecule has 1 aliphatic heterocycles. The topological polar surface area (TPSA) is 401 Å². The van der Waals surface area contributed by atoms with Crippen LogP contribution >= 0.6 is 7.82 Å². The second kappa shape index (κ2) is 15.1. The Balaban J connectivity index is -0.000000322. The predicted molar refractivity (Wildman–Crippen MR) is 99.5 cm³/mol. The van der Waals surface area contributed by atoms with Gasteiger partial charge in [-0.3, -0.25) is 14.3 Å². The molecule has 1 fully saturated rings. The van der Waals surface area contributed by atoms with Crippen molar-refractivity contribution in [1.82, 2.24) is 19.5 Å². The van der Waals surface area contributed by atoms with Gasteiger partial charge in [0, 0.05) is 0 Å². The molecule has 31 heavy (non-hydrogen) atoms. The monoisotopic (exact) mass is 509 g/mol. The summed E-state index contributed by atoms with van der Waals surface area (Å²) in [7, 11) is -5.26. The number of hydrogen-bond donors (Lipinski definition) is 4. The summed E-state index contributed by atoms with van der Waals surface area (Å²) in [4.78, 5) is 42.7. The minimum absolute atomic E-state index is 0. The summed E-state index contributed by atoms with van der Waals surface area (Å²) in [5.41, 5.74) is 4.77. The largest absolute Gasteiger partial charge is 2.00 e. The Morgan fingerprint density at radius 3 is 2.26 bits per heavy atom. The summed E-state index contributed by atoms with van der Waals surface area (Å²) in [6, 6.07) is 0. The fraction of sp³-hybridized carbons (Fsp3) is 0.500. The fourth-order valence-electron chi connectivity index (χ4n) is 2.39. The summed E-state index contributed by atoms with van der Waals surface area (Å²) >= 11 is 0. The smallest absolute Gasteiger partial charge is 0.790 e. The number of nitrogens with two attached hydrogens (primary N) is 1. The van der Waals surface area contributed by atoms with E-state index in [4.69, 9.17) is 10.5 Å². The van der Waals surface area contributed by atoms with E-state index in [-0.39, 0.29) is 87.7 Å². The summed E-state index contributed by atoms with van der Waals surface area (Å²) in [6.07, 6.45) is -4.46. The summed E-state index contributed by atoms with van der Waals surface area (Å²) < 4.78 is 21.0. The van der Waals surface area contributed by atoms with E-state index in [9.17, 15) is 29.4 Å². The van der Waals surface area contributed by atoms with Crippen molar-refractivity contribution < 1.29 is 66.7 Å². The van der Waals surface area contributed by atoms with E-state index >= 15 is 0 Å². The van der Waals surface area contributed by atoms with Gasteiger partial charge in [0.05, 0.1) is 20.8 Å². The number of nitrogens with one attached hydrogen (secondary N) is 1. The van der Waals surface area contributed by atoms with Gasteiger partial charge < -0.3 is 72.4 Å². The SMILES string of the molecule is Nc1nc2c(ncn2[C@@H]2O[C@H](COP(=O)([O-])[O-])[C@@H](O)[C@H]2O)c(=O)[nH]1.O.O.O.O.O.O.[Ca+2]. The normalized spacial score (nSPS) is 21.5. The summed E-state index contributed by atoms with van der Waals surface area (Å²) in [5, 5.41) is 20.0. The van der Waals surface area contributed by atoms with E-state index in [0.29, 0.717) is 0 Å². The molecule has 1 aliphatic rings. The van der Waals surface area contributed by atoms with Crippen molar-refractivity contribution >= 4 is 62.7 Å². The molecule has 0 saturated carbocycles. The Hall–Kier alpha value is -0.840. The van der Waals surface area contributed by atoms with Crippen molar-refractivity contribution in [2.45, 2.75) is 24.5 Å². The molecule has 4 atom stereocenters. The molecule has 19 nitrogen and oxygen atoms in total. The van der Waals surface area contributed by atoms with Crippen molar-refractivity contribution in [3.63, 3.8) is 0 Å². The van der Waals surface area contributed by atoms with Crippen LogP contribution in [0.2, 0.25) is 0 Å². The number of rotatable bonds is 4. The maximum absolute atomic E-state index is 11.7. The Morgan fingerprint density at radius 2 is 1.74 bits per heavy atom. The molecular weight excluding hydrogens is 485 g/mol. The zero-order chi connectivity index (χ0) is 17.6. The Morgan fingerprint density at radius 1 is 1.19 bits per heavy atom. The van der Waals surface area contributed by atoms with E-state index < -0.39 is 44.5 Å². The van der Waals surface area contributed by atoms with E-state index in [0.717, 1.165) is 10.9 Å². The molecule has 2 aromatic heterocycles. The van der Waals surface area contributed by atoms with E-state index in [1.807, 2.05) is 0 Å². The van der Waals surface area contributed by atoms with Crippen molar-refractivity contribution in [2.75, 3.05) is 12.3 Å². The van der Waals surface area contributed by atoms with Crippen molar-refractivity contribution in [1.29, 1.82) is 0 Å². The van der Waals surface area contributed by atoms with Crippen LogP contribution in [-0.4, -0.2) is 125 Å². The van der Waals surface area contributed by atoms with Crippen LogP contribution in [0.1, 0.15) is 6.23 Å². The number of phosphoric ester groups is 1. The molecular formula is C10H24CaN5O14P. The molecule has 0 bridgehead atoms. The van der Waals surface area contributed by atoms with Gasteiger partial charge in [0.1, 0.15) is 18.3 Å². The number of nitrogen functional groups attached to an aromatic ring is 1. The van der Waals surface area contributed by atoms with Gasteiger partial charge >= 0.3 is 37.7 Å². The molecule has 0 radical (unpaired) electrons. The molecule has 0 spiro atoms. The van der Waals surface area contributed by atoms with Crippen molar-refractivity contribution in [3.8, 4) is 0 Å². The first-order valence-corrected chi connectivity index (χ1v) is 8.04. The molecule has 3 rings (SSSR count). The number of aromatic amines is 1. The zero-order valence-corrected chi connectivity index (χ0v) is 18.6. The van der Waals surface area contributed by atoms with Crippen molar-refractivity contribution in [3.05, 3.63) is 16.7 Å². The first-order chi connectivity index (χ1) is 11.2. The minimum atomic E-state index is -5.26. The maximum Gasteiger partial charge on any atom is 2.00 e. The third-order valence-electron chi connectivity index (χ3n) is 3.46. The van der Waals surface area contributed by atoms with Crippen LogP contribution < -0.4 is 21.1 Å². The number of ether oxygens (including phenoxy) is 1. The number of H-pyrrole nitrogens is 1. The Kier molecular flexibility index (Phi) is 19.7. The number of nitrogens with zero attached hydrogens (tertiary/aromatic N) is 3. The van der Waals surface area contributed by atoms with Crippen LogP contribution in [0, 0.1) is 0 Å². The number of imidazole rings is 1. The Labute approximate surface area is 201 Å². The molecule has 21 heteroatoms. The van der Waals surface area contributed by atoms with Crippen LogP contribution in [0.5, 0.6) is 0 Å². The number of phosphoric acid groups is 1. The molecule has 0 unspecified atom stereocenters. The second-order valence-electron chi connectivity index (χ2n) is 5.06. The van der Waals surface area contributed by atoms with Gasteiger partial charge in [-0.25, -0.2) is 4.98 Å². The van der Waals surface area contributed by atoms with Gasteiger partial charge in [0.15, 0.2) is 17.4 Å². The predicted octanol–water partition coefficient (Wildman–Crippen LogP) is -9.16. The number of anilines is 1. The van der Waals surface area contributed by atoms with Gasteiger partial charge in [0.25, 0.3) is 5.56 Å². The van der Waals surface area contributed by atoms with Gasteiger partial charge in [-0.05, 0) is 0 Å². The average molecular weight is 509 g/mol. The minimum Gasteiger partial charge on any atom is -0.790 e. The van der Waals surface area contributed by atoms with E-state index in [1.165, 1.54) is 0 Å². The Bertz CT molecular complexity index is 875. The van der Waals surface area contributed by atoms with Crippen LogP contribution in [0.15, 0.2) is 11.1 Å². The number of fused-ring (bicyclic) bond motifs is 1. The van der Waals surface area contributed by atoms with E-state index in [1.54, 1.807) is 0 Å². The van der Waals surface area contributed by atoms with Gasteiger partial charge in [-0.1, -0.05) is 0 Å². The molecule has 1 saturated heterocycles. The molecule has 17 N–H and O–H groups in total. The quantitative estimate of drug-likeness (QED) is 0.221. The molecule has 180 valence electrons. The van der Waals surface area contributed by atoms with E-state index in [2.05, 4.69) is 19.5 Å². The van der Waals surface area contributed by atoms with Gasteiger partial charge in [-0.15, -0.1) is 0 Å². The number of hydrogen-bond acceptors (Lipinski definition) is 11. The molecule has 0 aliphatic carbocycles.